The third kappa shape index (κ3) is 2.54. The van der Waals surface area contributed by atoms with Gasteiger partial charge in [-0.05, 0) is 37.1 Å². The maximum atomic E-state index is 12.2. The van der Waals surface area contributed by atoms with Gasteiger partial charge in [-0.25, -0.2) is 4.98 Å². The summed E-state index contributed by atoms with van der Waals surface area (Å²) in [5, 5.41) is 13.8. The van der Waals surface area contributed by atoms with Gasteiger partial charge in [0.05, 0.1) is 17.9 Å². The first-order valence-corrected chi connectivity index (χ1v) is 7.56. The molecule has 1 aliphatic rings. The largest absolute Gasteiger partial charge is 0.336 e. The minimum Gasteiger partial charge on any atom is -0.336 e. The number of fused-ring (bicyclic) bond motifs is 1. The van der Waals surface area contributed by atoms with Crippen molar-refractivity contribution in [2.24, 2.45) is 5.92 Å². The molecular formula is C14H14N4O2S. The molecule has 1 atom stereocenters. The predicted octanol–water partition coefficient (Wildman–Crippen LogP) is 1.27. The molecule has 7 heteroatoms. The summed E-state index contributed by atoms with van der Waals surface area (Å²) in [5.41, 5.74) is -0.432. The first-order chi connectivity index (χ1) is 10.0. The SMILES string of the molecule is C[C@@](C#N)(NC(=O)Cn1cnc2ccsc2c1=O)C1CC1. The van der Waals surface area contributed by atoms with Crippen LogP contribution in [-0.4, -0.2) is 21.0 Å². The van der Waals surface area contributed by atoms with Gasteiger partial charge in [-0.1, -0.05) is 0 Å². The molecule has 108 valence electrons. The molecule has 0 aliphatic heterocycles. The van der Waals surface area contributed by atoms with Crippen molar-refractivity contribution in [3.8, 4) is 6.07 Å². The van der Waals surface area contributed by atoms with Crippen LogP contribution >= 0.6 is 11.3 Å². The van der Waals surface area contributed by atoms with Crippen LogP contribution in [0.1, 0.15) is 19.8 Å². The second kappa shape index (κ2) is 4.97. The first-order valence-electron chi connectivity index (χ1n) is 6.68. The number of aromatic nitrogens is 2. The van der Waals surface area contributed by atoms with Crippen molar-refractivity contribution in [1.82, 2.24) is 14.9 Å². The summed E-state index contributed by atoms with van der Waals surface area (Å²) in [6.07, 6.45) is 3.28. The minimum absolute atomic E-state index is 0.121. The van der Waals surface area contributed by atoms with E-state index in [-0.39, 0.29) is 23.9 Å². The van der Waals surface area contributed by atoms with Gasteiger partial charge in [0.15, 0.2) is 0 Å². The summed E-state index contributed by atoms with van der Waals surface area (Å²) < 4.78 is 1.81. The fourth-order valence-corrected chi connectivity index (χ4v) is 3.15. The molecule has 2 heterocycles. The average molecular weight is 302 g/mol. The van der Waals surface area contributed by atoms with Gasteiger partial charge in [0.25, 0.3) is 5.56 Å². The van der Waals surface area contributed by atoms with Crippen LogP contribution in [0.15, 0.2) is 22.6 Å². The number of thiophene rings is 1. The number of hydrogen-bond acceptors (Lipinski definition) is 5. The standard InChI is InChI=1S/C14H14N4O2S/c1-14(7-15,9-2-3-9)17-11(19)6-18-8-16-10-4-5-21-12(10)13(18)20/h4-5,8-9H,2-3,6H2,1H3,(H,17,19)/t14-/m0/s1. The van der Waals surface area contributed by atoms with Crippen LogP contribution in [0.25, 0.3) is 10.2 Å². The van der Waals surface area contributed by atoms with Gasteiger partial charge >= 0.3 is 0 Å². The van der Waals surface area contributed by atoms with Crippen molar-refractivity contribution in [3.05, 3.63) is 28.1 Å². The maximum Gasteiger partial charge on any atom is 0.271 e. The number of carbonyl (C=O) groups excluding carboxylic acids is 1. The Hall–Kier alpha value is -2.20. The summed E-state index contributed by atoms with van der Waals surface area (Å²) in [6, 6.07) is 3.93. The molecule has 2 aromatic rings. The zero-order chi connectivity index (χ0) is 15.0. The van der Waals surface area contributed by atoms with Gasteiger partial charge in [0.2, 0.25) is 5.91 Å². The van der Waals surface area contributed by atoms with Gasteiger partial charge in [-0.3, -0.25) is 14.2 Å². The van der Waals surface area contributed by atoms with Crippen LogP contribution in [0.2, 0.25) is 0 Å². The van der Waals surface area contributed by atoms with Crippen molar-refractivity contribution < 1.29 is 4.79 Å². The zero-order valence-electron chi connectivity index (χ0n) is 11.5. The third-order valence-electron chi connectivity index (χ3n) is 3.77. The van der Waals surface area contributed by atoms with Gasteiger partial charge in [-0.2, -0.15) is 5.26 Å². The Morgan fingerprint density at radius 1 is 1.67 bits per heavy atom. The Kier molecular flexibility index (Phi) is 3.26. The highest BCUT2D eigenvalue weighted by molar-refractivity contribution is 7.17. The third-order valence-corrected chi connectivity index (χ3v) is 4.67. The Balaban J connectivity index is 1.79. The molecule has 0 saturated heterocycles. The number of amides is 1. The maximum absolute atomic E-state index is 12.2. The lowest BCUT2D eigenvalue weighted by Gasteiger charge is -2.22. The first kappa shape index (κ1) is 13.8. The fraction of sp³-hybridized carbons (Fsp3) is 0.429. The Morgan fingerprint density at radius 3 is 3.10 bits per heavy atom. The molecule has 1 fully saturated rings. The van der Waals surface area contributed by atoms with E-state index >= 15 is 0 Å². The number of nitriles is 1. The van der Waals surface area contributed by atoms with Gasteiger partial charge in [-0.15, -0.1) is 11.3 Å². The second-order valence-electron chi connectivity index (χ2n) is 5.45. The molecule has 0 spiro atoms. The molecule has 1 amide bonds. The molecule has 21 heavy (non-hydrogen) atoms. The Bertz CT molecular complexity index is 799. The predicted molar refractivity (Wildman–Crippen MR) is 78.8 cm³/mol. The zero-order valence-corrected chi connectivity index (χ0v) is 12.3. The molecule has 6 nitrogen and oxygen atoms in total. The number of rotatable bonds is 4. The highest BCUT2D eigenvalue weighted by Gasteiger charge is 2.43. The quantitative estimate of drug-likeness (QED) is 0.921. The molecule has 0 aromatic carbocycles. The van der Waals surface area contributed by atoms with E-state index in [1.165, 1.54) is 22.2 Å². The number of carbonyl (C=O) groups is 1. The highest BCUT2D eigenvalue weighted by atomic mass is 32.1. The average Bonchev–Trinajstić information content (AvgIpc) is 3.21. The van der Waals surface area contributed by atoms with E-state index in [0.29, 0.717) is 10.2 Å². The van der Waals surface area contributed by atoms with Crippen LogP contribution in [0.5, 0.6) is 0 Å². The van der Waals surface area contributed by atoms with E-state index in [1.807, 2.05) is 0 Å². The Morgan fingerprint density at radius 2 is 2.43 bits per heavy atom. The van der Waals surface area contributed by atoms with Crippen molar-refractivity contribution in [3.63, 3.8) is 0 Å². The van der Waals surface area contributed by atoms with Crippen LogP contribution < -0.4 is 10.9 Å². The topological polar surface area (TPSA) is 87.8 Å². The Labute approximate surface area is 125 Å². The summed E-state index contributed by atoms with van der Waals surface area (Å²) in [6.45, 7) is 1.61. The van der Waals surface area contributed by atoms with Crippen LogP contribution in [0.3, 0.4) is 0 Å². The monoisotopic (exact) mass is 302 g/mol. The summed E-state index contributed by atoms with van der Waals surface area (Å²) in [4.78, 5) is 28.4. The molecule has 1 aliphatic carbocycles. The molecular weight excluding hydrogens is 288 g/mol. The number of nitrogens with zero attached hydrogens (tertiary/aromatic N) is 3. The van der Waals surface area contributed by atoms with E-state index in [2.05, 4.69) is 16.4 Å². The van der Waals surface area contributed by atoms with E-state index < -0.39 is 5.54 Å². The van der Waals surface area contributed by atoms with E-state index in [0.717, 1.165) is 12.8 Å². The summed E-state index contributed by atoms with van der Waals surface area (Å²) >= 11 is 1.31. The van der Waals surface area contributed by atoms with Crippen molar-refractivity contribution >= 4 is 27.5 Å². The smallest absolute Gasteiger partial charge is 0.271 e. The number of hydrogen-bond donors (Lipinski definition) is 1. The van der Waals surface area contributed by atoms with Crippen LogP contribution in [0, 0.1) is 17.2 Å². The summed E-state index contributed by atoms with van der Waals surface area (Å²) in [5.74, 6) is -0.133. The molecule has 3 rings (SSSR count). The summed E-state index contributed by atoms with van der Waals surface area (Å²) in [7, 11) is 0. The van der Waals surface area contributed by atoms with Crippen molar-refractivity contribution in [1.29, 1.82) is 5.26 Å². The highest BCUT2D eigenvalue weighted by Crippen LogP contribution is 2.39. The van der Waals surface area contributed by atoms with E-state index in [4.69, 9.17) is 0 Å². The van der Waals surface area contributed by atoms with Gasteiger partial charge in [0.1, 0.15) is 16.8 Å². The lowest BCUT2D eigenvalue weighted by Crippen LogP contribution is -2.48. The lowest BCUT2D eigenvalue weighted by atomic mass is 9.98. The second-order valence-corrected chi connectivity index (χ2v) is 6.37. The molecule has 2 aromatic heterocycles. The molecule has 0 bridgehead atoms. The lowest BCUT2D eigenvalue weighted by molar-refractivity contribution is -0.123. The molecule has 0 unspecified atom stereocenters. The molecule has 1 N–H and O–H groups in total. The van der Waals surface area contributed by atoms with Crippen molar-refractivity contribution in [2.75, 3.05) is 0 Å². The van der Waals surface area contributed by atoms with Gasteiger partial charge < -0.3 is 5.32 Å². The fourth-order valence-electron chi connectivity index (χ4n) is 2.36. The molecule has 1 saturated carbocycles. The van der Waals surface area contributed by atoms with Crippen LogP contribution in [0.4, 0.5) is 0 Å². The number of nitrogens with one attached hydrogen (secondary N) is 1. The van der Waals surface area contributed by atoms with E-state index in [1.54, 1.807) is 18.4 Å². The molecule has 0 radical (unpaired) electrons. The van der Waals surface area contributed by atoms with Crippen LogP contribution in [-0.2, 0) is 11.3 Å². The minimum atomic E-state index is -0.846. The van der Waals surface area contributed by atoms with Gasteiger partial charge in [0, 0.05) is 0 Å². The normalized spacial score (nSPS) is 17.1. The van der Waals surface area contributed by atoms with E-state index in [9.17, 15) is 14.9 Å². The van der Waals surface area contributed by atoms with Crippen molar-refractivity contribution in [2.45, 2.75) is 31.8 Å².